The summed E-state index contributed by atoms with van der Waals surface area (Å²) in [7, 11) is -1.50. The first-order valence-corrected chi connectivity index (χ1v) is 5.12. The Morgan fingerprint density at radius 1 is 1.36 bits per heavy atom. The van der Waals surface area contributed by atoms with Crippen molar-refractivity contribution in [1.29, 1.82) is 0 Å². The van der Waals surface area contributed by atoms with Crippen molar-refractivity contribution in [3.8, 4) is 5.75 Å². The van der Waals surface area contributed by atoms with E-state index in [2.05, 4.69) is 15.9 Å². The molecule has 0 aromatic heterocycles. The van der Waals surface area contributed by atoms with Gasteiger partial charge < -0.3 is 14.8 Å². The van der Waals surface area contributed by atoms with E-state index in [1.165, 1.54) is 0 Å². The van der Waals surface area contributed by atoms with Gasteiger partial charge in [0.15, 0.2) is 0 Å². The molecule has 0 spiro atoms. The maximum atomic E-state index is 9.07. The third-order valence-electron chi connectivity index (χ3n) is 1.62. The Labute approximate surface area is 92.0 Å². The Morgan fingerprint density at radius 3 is 2.50 bits per heavy atom. The molecule has 0 heterocycles. The van der Waals surface area contributed by atoms with Crippen molar-refractivity contribution in [2.45, 2.75) is 20.0 Å². The van der Waals surface area contributed by atoms with E-state index in [9.17, 15) is 0 Å². The molecule has 5 heteroatoms. The summed E-state index contributed by atoms with van der Waals surface area (Å²) >= 11 is 3.29. The summed E-state index contributed by atoms with van der Waals surface area (Å²) in [5.41, 5.74) is 0.377. The Morgan fingerprint density at radius 2 is 2.00 bits per heavy atom. The van der Waals surface area contributed by atoms with Crippen LogP contribution in [0.15, 0.2) is 22.7 Å². The van der Waals surface area contributed by atoms with E-state index < -0.39 is 7.12 Å². The van der Waals surface area contributed by atoms with Crippen molar-refractivity contribution < 1.29 is 14.8 Å². The molecule has 0 bridgehead atoms. The third-order valence-corrected chi connectivity index (χ3v) is 2.11. The highest BCUT2D eigenvalue weighted by Gasteiger charge is 2.17. The van der Waals surface area contributed by atoms with E-state index in [0.29, 0.717) is 11.2 Å². The van der Waals surface area contributed by atoms with Gasteiger partial charge in [0.1, 0.15) is 5.75 Å². The highest BCUT2D eigenvalue weighted by Crippen LogP contribution is 2.17. The average molecular weight is 259 g/mol. The zero-order valence-electron chi connectivity index (χ0n) is 8.07. The molecule has 0 amide bonds. The maximum Gasteiger partial charge on any atom is 0.492 e. The monoisotopic (exact) mass is 258 g/mol. The number of ether oxygens (including phenoxy) is 1. The molecule has 1 rings (SSSR count). The Hall–Kier alpha value is -0.515. The van der Waals surface area contributed by atoms with Crippen molar-refractivity contribution in [1.82, 2.24) is 0 Å². The average Bonchev–Trinajstić information content (AvgIpc) is 2.01. The summed E-state index contributed by atoms with van der Waals surface area (Å²) in [4.78, 5) is 0. The summed E-state index contributed by atoms with van der Waals surface area (Å²) in [6.45, 7) is 3.77. The molecule has 0 unspecified atom stereocenters. The predicted molar refractivity (Wildman–Crippen MR) is 59.7 cm³/mol. The van der Waals surface area contributed by atoms with Gasteiger partial charge in [-0.15, -0.1) is 0 Å². The predicted octanol–water partition coefficient (Wildman–Crippen LogP) is 0.916. The van der Waals surface area contributed by atoms with Crippen LogP contribution in [0, 0.1) is 0 Å². The van der Waals surface area contributed by atoms with Crippen LogP contribution in [0.1, 0.15) is 13.8 Å². The summed E-state index contributed by atoms with van der Waals surface area (Å²) < 4.78 is 6.28. The third kappa shape index (κ3) is 3.01. The van der Waals surface area contributed by atoms with Crippen molar-refractivity contribution in [2.24, 2.45) is 0 Å². The molecule has 1 aromatic carbocycles. The molecule has 1 aromatic rings. The van der Waals surface area contributed by atoms with Crippen LogP contribution in [-0.2, 0) is 0 Å². The topological polar surface area (TPSA) is 49.7 Å². The molecule has 0 radical (unpaired) electrons. The number of hydrogen-bond acceptors (Lipinski definition) is 3. The van der Waals surface area contributed by atoms with Gasteiger partial charge in [-0.2, -0.15) is 0 Å². The molecule has 0 atom stereocenters. The molecule has 76 valence electrons. The van der Waals surface area contributed by atoms with Gasteiger partial charge in [0.2, 0.25) is 0 Å². The summed E-state index contributed by atoms with van der Waals surface area (Å²) in [6.07, 6.45) is 0.00167. The fourth-order valence-corrected chi connectivity index (χ4v) is 1.42. The molecule has 0 saturated heterocycles. The summed E-state index contributed by atoms with van der Waals surface area (Å²) in [5.74, 6) is 0.490. The Kier molecular flexibility index (Phi) is 3.98. The van der Waals surface area contributed by atoms with Gasteiger partial charge in [-0.1, -0.05) is 22.0 Å². The minimum atomic E-state index is -1.50. The fourth-order valence-electron chi connectivity index (χ4n) is 1.08. The SMILES string of the molecule is CC(C)Oc1cc(Br)ccc1B(O)O. The van der Waals surface area contributed by atoms with Crippen molar-refractivity contribution >= 4 is 28.5 Å². The lowest BCUT2D eigenvalue weighted by molar-refractivity contribution is 0.243. The van der Waals surface area contributed by atoms with Gasteiger partial charge in [0.05, 0.1) is 6.10 Å². The van der Waals surface area contributed by atoms with Crippen molar-refractivity contribution in [3.05, 3.63) is 22.7 Å². The number of benzene rings is 1. The van der Waals surface area contributed by atoms with Crippen LogP contribution < -0.4 is 10.2 Å². The number of halogens is 1. The molecule has 0 saturated carbocycles. The van der Waals surface area contributed by atoms with E-state index in [4.69, 9.17) is 14.8 Å². The van der Waals surface area contributed by atoms with Crippen LogP contribution in [0.25, 0.3) is 0 Å². The molecule has 0 aliphatic carbocycles. The highest BCUT2D eigenvalue weighted by atomic mass is 79.9. The minimum absolute atomic E-state index is 0.00167. The van der Waals surface area contributed by atoms with Crippen LogP contribution in [0.2, 0.25) is 0 Å². The lowest BCUT2D eigenvalue weighted by Gasteiger charge is -2.14. The molecular formula is C9H12BBrO3. The van der Waals surface area contributed by atoms with E-state index in [0.717, 1.165) is 4.47 Å². The lowest BCUT2D eigenvalue weighted by Crippen LogP contribution is -2.32. The second kappa shape index (κ2) is 4.82. The summed E-state index contributed by atoms with van der Waals surface area (Å²) in [5, 5.41) is 18.1. The summed E-state index contributed by atoms with van der Waals surface area (Å²) in [6, 6.07) is 5.07. The highest BCUT2D eigenvalue weighted by molar-refractivity contribution is 9.10. The first-order valence-electron chi connectivity index (χ1n) is 4.33. The van der Waals surface area contributed by atoms with Crippen LogP contribution in [0.5, 0.6) is 5.75 Å². The maximum absolute atomic E-state index is 9.07. The zero-order valence-corrected chi connectivity index (χ0v) is 9.65. The normalized spacial score (nSPS) is 10.4. The van der Waals surface area contributed by atoms with Crippen LogP contribution in [0.3, 0.4) is 0 Å². The molecule has 0 fully saturated rings. The van der Waals surface area contributed by atoms with Gasteiger partial charge >= 0.3 is 7.12 Å². The smallest absolute Gasteiger partial charge is 0.491 e. The van der Waals surface area contributed by atoms with Crippen LogP contribution >= 0.6 is 15.9 Å². The molecule has 2 N–H and O–H groups in total. The lowest BCUT2D eigenvalue weighted by atomic mass is 9.79. The second-order valence-electron chi connectivity index (χ2n) is 3.22. The van der Waals surface area contributed by atoms with Gasteiger partial charge in [-0.25, -0.2) is 0 Å². The van der Waals surface area contributed by atoms with E-state index in [1.807, 2.05) is 13.8 Å². The Bertz CT molecular complexity index is 315. The van der Waals surface area contributed by atoms with Crippen molar-refractivity contribution in [2.75, 3.05) is 0 Å². The van der Waals surface area contributed by atoms with Crippen LogP contribution in [-0.4, -0.2) is 23.3 Å². The van der Waals surface area contributed by atoms with Crippen molar-refractivity contribution in [3.63, 3.8) is 0 Å². The first-order chi connectivity index (χ1) is 6.50. The number of hydrogen-bond donors (Lipinski definition) is 2. The second-order valence-corrected chi connectivity index (χ2v) is 4.14. The standard InChI is InChI=1S/C9H12BBrO3/c1-6(2)14-9-5-7(11)3-4-8(9)10(12)13/h3-6,12-13H,1-2H3. The minimum Gasteiger partial charge on any atom is -0.491 e. The van der Waals surface area contributed by atoms with E-state index >= 15 is 0 Å². The van der Waals surface area contributed by atoms with E-state index in [1.54, 1.807) is 18.2 Å². The fraction of sp³-hybridized carbons (Fsp3) is 0.333. The molecule has 0 aliphatic rings. The zero-order chi connectivity index (χ0) is 10.7. The van der Waals surface area contributed by atoms with Gasteiger partial charge in [0, 0.05) is 9.94 Å². The van der Waals surface area contributed by atoms with Crippen LogP contribution in [0.4, 0.5) is 0 Å². The largest absolute Gasteiger partial charge is 0.492 e. The first kappa shape index (κ1) is 11.6. The molecular weight excluding hydrogens is 247 g/mol. The van der Waals surface area contributed by atoms with Gasteiger partial charge in [-0.3, -0.25) is 0 Å². The quantitative estimate of drug-likeness (QED) is 0.793. The van der Waals surface area contributed by atoms with Gasteiger partial charge in [0.25, 0.3) is 0 Å². The Balaban J connectivity index is 3.03. The molecule has 3 nitrogen and oxygen atoms in total. The molecule has 0 aliphatic heterocycles. The molecule has 14 heavy (non-hydrogen) atoms. The van der Waals surface area contributed by atoms with E-state index in [-0.39, 0.29) is 6.10 Å². The number of rotatable bonds is 3. The van der Waals surface area contributed by atoms with Gasteiger partial charge in [-0.05, 0) is 26.0 Å².